The molecule has 0 spiro atoms. The molecule has 0 radical (unpaired) electrons. The molecule has 0 aliphatic carbocycles. The summed E-state index contributed by atoms with van der Waals surface area (Å²) in [5, 5.41) is 10.8. The molecule has 0 aliphatic rings. The third-order valence-corrected chi connectivity index (χ3v) is 3.82. The highest BCUT2D eigenvalue weighted by Crippen LogP contribution is 2.31. The summed E-state index contributed by atoms with van der Waals surface area (Å²) in [4.78, 5) is 0. The van der Waals surface area contributed by atoms with Gasteiger partial charge in [-0.15, -0.1) is 0 Å². The van der Waals surface area contributed by atoms with E-state index in [9.17, 15) is 5.11 Å². The Bertz CT molecular complexity index is 544. The fraction of sp³-hybridized carbons (Fsp3) is 0.294. The van der Waals surface area contributed by atoms with Gasteiger partial charge in [0.1, 0.15) is 11.4 Å². The number of ether oxygens (including phenoxy) is 1. The van der Waals surface area contributed by atoms with Crippen LogP contribution in [0.25, 0.3) is 0 Å². The highest BCUT2D eigenvalue weighted by atomic mass is 79.9. The van der Waals surface area contributed by atoms with E-state index in [4.69, 9.17) is 4.74 Å². The van der Waals surface area contributed by atoms with Crippen LogP contribution in [-0.4, -0.2) is 11.7 Å². The van der Waals surface area contributed by atoms with Crippen molar-refractivity contribution in [2.45, 2.75) is 25.9 Å². The van der Waals surface area contributed by atoms with Gasteiger partial charge in [-0.2, -0.15) is 0 Å². The molecule has 1 unspecified atom stereocenters. The Kier molecular flexibility index (Phi) is 4.84. The van der Waals surface area contributed by atoms with Crippen molar-refractivity contribution in [2.75, 3.05) is 6.61 Å². The monoisotopic (exact) mass is 334 g/mol. The first-order valence-electron chi connectivity index (χ1n) is 6.76. The minimum atomic E-state index is -1.01. The summed E-state index contributed by atoms with van der Waals surface area (Å²) < 4.78 is 6.56. The van der Waals surface area contributed by atoms with Crippen LogP contribution in [0.4, 0.5) is 0 Å². The van der Waals surface area contributed by atoms with Gasteiger partial charge in [0.2, 0.25) is 0 Å². The summed E-state index contributed by atoms with van der Waals surface area (Å²) in [6.45, 7) is 4.59. The van der Waals surface area contributed by atoms with Crippen molar-refractivity contribution in [3.63, 3.8) is 0 Å². The molecule has 3 heteroatoms. The minimum absolute atomic E-state index is 0.711. The molecule has 2 rings (SSSR count). The third kappa shape index (κ3) is 3.41. The zero-order valence-corrected chi connectivity index (χ0v) is 13.4. The van der Waals surface area contributed by atoms with E-state index in [-0.39, 0.29) is 0 Å². The number of aliphatic hydroxyl groups is 1. The summed E-state index contributed by atoms with van der Waals surface area (Å²) in [7, 11) is 0. The normalized spacial score (nSPS) is 13.8. The lowest BCUT2D eigenvalue weighted by Crippen LogP contribution is -2.22. The van der Waals surface area contributed by atoms with Gasteiger partial charge in [-0.1, -0.05) is 47.1 Å². The number of benzene rings is 2. The molecule has 0 fully saturated rings. The van der Waals surface area contributed by atoms with E-state index in [1.165, 1.54) is 0 Å². The first-order valence-corrected chi connectivity index (χ1v) is 7.55. The quantitative estimate of drug-likeness (QED) is 0.872. The van der Waals surface area contributed by atoms with Crippen molar-refractivity contribution < 1.29 is 9.84 Å². The molecule has 1 N–H and O–H groups in total. The Hall–Kier alpha value is -1.32. The van der Waals surface area contributed by atoms with Crippen LogP contribution in [0.2, 0.25) is 0 Å². The largest absolute Gasteiger partial charge is 0.494 e. The van der Waals surface area contributed by atoms with Crippen LogP contribution < -0.4 is 4.74 Å². The number of hydrogen-bond acceptors (Lipinski definition) is 2. The lowest BCUT2D eigenvalue weighted by atomic mass is 9.88. The average molecular weight is 335 g/mol. The molecule has 20 heavy (non-hydrogen) atoms. The standard InChI is InChI=1S/C17H19BrO2/c1-3-12-20-16-10-6-14(7-11-16)17(2,19)13-4-8-15(18)9-5-13/h4-11,19H,3,12H2,1-2H3. The predicted molar refractivity (Wildman–Crippen MR) is 85.0 cm³/mol. The van der Waals surface area contributed by atoms with E-state index in [1.807, 2.05) is 48.5 Å². The van der Waals surface area contributed by atoms with Gasteiger partial charge in [-0.3, -0.25) is 0 Å². The fourth-order valence-electron chi connectivity index (χ4n) is 2.04. The fourth-order valence-corrected chi connectivity index (χ4v) is 2.30. The van der Waals surface area contributed by atoms with Crippen LogP contribution in [0, 0.1) is 0 Å². The van der Waals surface area contributed by atoms with Crippen LogP contribution in [-0.2, 0) is 5.60 Å². The molecule has 1 atom stereocenters. The molecule has 0 aromatic heterocycles. The molecular formula is C17H19BrO2. The zero-order valence-electron chi connectivity index (χ0n) is 11.8. The summed E-state index contributed by atoms with van der Waals surface area (Å²) in [5.41, 5.74) is 0.705. The van der Waals surface area contributed by atoms with Crippen LogP contribution >= 0.6 is 15.9 Å². The number of rotatable bonds is 5. The van der Waals surface area contributed by atoms with Gasteiger partial charge in [-0.05, 0) is 48.7 Å². The molecule has 0 amide bonds. The Balaban J connectivity index is 2.22. The van der Waals surface area contributed by atoms with E-state index in [1.54, 1.807) is 6.92 Å². The summed E-state index contributed by atoms with van der Waals surface area (Å²) in [6.07, 6.45) is 0.984. The van der Waals surface area contributed by atoms with Crippen molar-refractivity contribution in [3.05, 3.63) is 64.1 Å². The maximum absolute atomic E-state index is 10.8. The molecule has 0 bridgehead atoms. The van der Waals surface area contributed by atoms with Crippen molar-refractivity contribution in [1.29, 1.82) is 0 Å². The maximum Gasteiger partial charge on any atom is 0.119 e. The smallest absolute Gasteiger partial charge is 0.119 e. The lowest BCUT2D eigenvalue weighted by Gasteiger charge is -2.24. The van der Waals surface area contributed by atoms with Gasteiger partial charge >= 0.3 is 0 Å². The average Bonchev–Trinajstić information content (AvgIpc) is 2.46. The van der Waals surface area contributed by atoms with Gasteiger partial charge in [-0.25, -0.2) is 0 Å². The van der Waals surface area contributed by atoms with Gasteiger partial charge in [0, 0.05) is 4.47 Å². The van der Waals surface area contributed by atoms with Crippen LogP contribution in [0.5, 0.6) is 5.75 Å². The SMILES string of the molecule is CCCOc1ccc(C(C)(O)c2ccc(Br)cc2)cc1. The zero-order chi connectivity index (χ0) is 14.6. The summed E-state index contributed by atoms with van der Waals surface area (Å²) in [6, 6.07) is 15.3. The van der Waals surface area contributed by atoms with Crippen LogP contribution in [0.1, 0.15) is 31.4 Å². The van der Waals surface area contributed by atoms with E-state index in [2.05, 4.69) is 22.9 Å². The lowest BCUT2D eigenvalue weighted by molar-refractivity contribution is 0.102. The second kappa shape index (κ2) is 6.42. The van der Waals surface area contributed by atoms with Gasteiger partial charge in [0.15, 0.2) is 0 Å². The second-order valence-corrected chi connectivity index (χ2v) is 5.87. The molecule has 0 heterocycles. The summed E-state index contributed by atoms with van der Waals surface area (Å²) in [5.74, 6) is 0.835. The summed E-state index contributed by atoms with van der Waals surface area (Å²) >= 11 is 3.40. The molecule has 0 saturated heterocycles. The highest BCUT2D eigenvalue weighted by Gasteiger charge is 2.25. The molecule has 0 saturated carbocycles. The first kappa shape index (κ1) is 15.1. The van der Waals surface area contributed by atoms with Crippen molar-refractivity contribution in [1.82, 2.24) is 0 Å². The Morgan fingerprint density at radius 3 is 2.00 bits per heavy atom. The molecule has 0 aliphatic heterocycles. The Labute approximate surface area is 128 Å². The van der Waals surface area contributed by atoms with Crippen molar-refractivity contribution in [2.24, 2.45) is 0 Å². The third-order valence-electron chi connectivity index (χ3n) is 3.30. The van der Waals surface area contributed by atoms with Crippen LogP contribution in [0.3, 0.4) is 0 Å². The maximum atomic E-state index is 10.8. The second-order valence-electron chi connectivity index (χ2n) is 4.95. The highest BCUT2D eigenvalue weighted by molar-refractivity contribution is 9.10. The topological polar surface area (TPSA) is 29.5 Å². The number of hydrogen-bond donors (Lipinski definition) is 1. The predicted octanol–water partition coefficient (Wildman–Crippen LogP) is 4.49. The molecule has 2 aromatic carbocycles. The first-order chi connectivity index (χ1) is 9.54. The molecule has 2 aromatic rings. The molecule has 2 nitrogen and oxygen atoms in total. The van der Waals surface area contributed by atoms with Gasteiger partial charge in [0.25, 0.3) is 0 Å². The number of halogens is 1. The Morgan fingerprint density at radius 1 is 1.00 bits per heavy atom. The minimum Gasteiger partial charge on any atom is -0.494 e. The van der Waals surface area contributed by atoms with E-state index < -0.39 is 5.60 Å². The van der Waals surface area contributed by atoms with E-state index in [0.29, 0.717) is 6.61 Å². The van der Waals surface area contributed by atoms with Crippen LogP contribution in [0.15, 0.2) is 53.0 Å². The van der Waals surface area contributed by atoms with Crippen molar-refractivity contribution >= 4 is 15.9 Å². The van der Waals surface area contributed by atoms with E-state index in [0.717, 1.165) is 27.8 Å². The van der Waals surface area contributed by atoms with Gasteiger partial charge < -0.3 is 9.84 Å². The van der Waals surface area contributed by atoms with Crippen molar-refractivity contribution in [3.8, 4) is 5.75 Å². The van der Waals surface area contributed by atoms with Gasteiger partial charge in [0.05, 0.1) is 6.61 Å². The van der Waals surface area contributed by atoms with E-state index >= 15 is 0 Å². The Morgan fingerprint density at radius 2 is 1.50 bits per heavy atom. The molecule has 106 valence electrons. The molecular weight excluding hydrogens is 316 g/mol.